The van der Waals surface area contributed by atoms with Gasteiger partial charge in [0.05, 0.1) is 11.4 Å². The van der Waals surface area contributed by atoms with Crippen LogP contribution in [-0.2, 0) is 19.3 Å². The SMILES string of the molecule is Cc1cc(C)cc(N2C(=O)CS[C@@]23C(=O)N(CC(=O)Nc2ccc(C(C)C)cc2)c2ccccc23)c1. The van der Waals surface area contributed by atoms with E-state index in [9.17, 15) is 14.4 Å². The summed E-state index contributed by atoms with van der Waals surface area (Å²) in [5.74, 6) is -0.0973. The van der Waals surface area contributed by atoms with E-state index in [4.69, 9.17) is 0 Å². The molecule has 0 saturated carbocycles. The lowest BCUT2D eigenvalue weighted by Crippen LogP contribution is -2.51. The van der Waals surface area contributed by atoms with E-state index >= 15 is 0 Å². The van der Waals surface area contributed by atoms with Crippen LogP contribution in [0.2, 0.25) is 0 Å². The Kier molecular flexibility index (Phi) is 6.12. The Labute approximate surface area is 215 Å². The van der Waals surface area contributed by atoms with Crippen molar-refractivity contribution in [1.82, 2.24) is 0 Å². The van der Waals surface area contributed by atoms with Crippen LogP contribution in [0.4, 0.5) is 17.1 Å². The summed E-state index contributed by atoms with van der Waals surface area (Å²) in [6.45, 7) is 8.05. The van der Waals surface area contributed by atoms with E-state index in [0.717, 1.165) is 16.7 Å². The number of aryl methyl sites for hydroxylation is 2. The van der Waals surface area contributed by atoms with E-state index in [2.05, 4.69) is 19.2 Å². The van der Waals surface area contributed by atoms with Gasteiger partial charge in [0.2, 0.25) is 16.7 Å². The molecule has 0 aliphatic carbocycles. The normalized spacial score (nSPS) is 18.9. The number of thioether (sulfide) groups is 1. The smallest absolute Gasteiger partial charge is 0.269 e. The van der Waals surface area contributed by atoms with Gasteiger partial charge in [0, 0.05) is 16.9 Å². The zero-order chi connectivity index (χ0) is 25.6. The monoisotopic (exact) mass is 499 g/mol. The van der Waals surface area contributed by atoms with Crippen molar-refractivity contribution >= 4 is 46.5 Å². The van der Waals surface area contributed by atoms with Crippen molar-refractivity contribution in [3.05, 3.63) is 89.0 Å². The first-order valence-electron chi connectivity index (χ1n) is 12.1. The van der Waals surface area contributed by atoms with Gasteiger partial charge in [0.15, 0.2) is 0 Å². The van der Waals surface area contributed by atoms with E-state index in [1.807, 2.05) is 80.6 Å². The molecule has 36 heavy (non-hydrogen) atoms. The molecule has 7 heteroatoms. The highest BCUT2D eigenvalue weighted by Crippen LogP contribution is 2.55. The standard InChI is InChI=1S/C29H29N3O3S/c1-18(2)21-9-11-22(12-10-21)30-26(33)16-31-25-8-6-5-7-24(25)29(28(31)35)32(27(34)17-36-29)23-14-19(3)13-20(4)15-23/h5-15,18H,16-17H2,1-4H3,(H,30,33)/t29-/m0/s1. The van der Waals surface area contributed by atoms with Gasteiger partial charge < -0.3 is 5.32 Å². The molecule has 1 atom stereocenters. The fourth-order valence-electron chi connectivity index (χ4n) is 5.09. The molecule has 184 valence electrons. The molecule has 1 fully saturated rings. The first-order chi connectivity index (χ1) is 17.2. The predicted molar refractivity (Wildman–Crippen MR) is 145 cm³/mol. The van der Waals surface area contributed by atoms with Crippen molar-refractivity contribution in [3.8, 4) is 0 Å². The Hall–Kier alpha value is -3.58. The third-order valence-electron chi connectivity index (χ3n) is 6.69. The summed E-state index contributed by atoms with van der Waals surface area (Å²) in [6, 6.07) is 21.1. The average molecular weight is 500 g/mol. The molecule has 3 amide bonds. The fourth-order valence-corrected chi connectivity index (χ4v) is 6.45. The van der Waals surface area contributed by atoms with Crippen molar-refractivity contribution in [2.45, 2.75) is 38.5 Å². The minimum Gasteiger partial charge on any atom is -0.325 e. The van der Waals surface area contributed by atoms with Gasteiger partial charge in [-0.05, 0) is 66.8 Å². The van der Waals surface area contributed by atoms with Crippen LogP contribution >= 0.6 is 11.8 Å². The molecule has 0 unspecified atom stereocenters. The van der Waals surface area contributed by atoms with Gasteiger partial charge in [-0.15, -0.1) is 11.8 Å². The average Bonchev–Trinajstić information content (AvgIpc) is 3.30. The number of hydrogen-bond donors (Lipinski definition) is 1. The minimum atomic E-state index is -1.23. The lowest BCUT2D eigenvalue weighted by Gasteiger charge is -2.33. The molecule has 6 nitrogen and oxygen atoms in total. The molecule has 0 bridgehead atoms. The molecule has 2 aliphatic heterocycles. The molecule has 5 rings (SSSR count). The van der Waals surface area contributed by atoms with Crippen molar-refractivity contribution < 1.29 is 14.4 Å². The Morgan fingerprint density at radius 3 is 2.33 bits per heavy atom. The number of benzene rings is 3. The zero-order valence-corrected chi connectivity index (χ0v) is 21.7. The molecule has 1 saturated heterocycles. The van der Waals surface area contributed by atoms with Gasteiger partial charge >= 0.3 is 0 Å². The molecule has 3 aromatic carbocycles. The largest absolute Gasteiger partial charge is 0.325 e. The van der Waals surface area contributed by atoms with Crippen LogP contribution in [0, 0.1) is 13.8 Å². The van der Waals surface area contributed by atoms with Crippen LogP contribution in [-0.4, -0.2) is 30.0 Å². The minimum absolute atomic E-state index is 0.121. The number of carbonyl (C=O) groups excluding carboxylic acids is 3. The van der Waals surface area contributed by atoms with Gasteiger partial charge in [-0.25, -0.2) is 0 Å². The number of para-hydroxylation sites is 1. The lowest BCUT2D eigenvalue weighted by molar-refractivity contribution is -0.124. The third-order valence-corrected chi connectivity index (χ3v) is 8.08. The molecular weight excluding hydrogens is 470 g/mol. The number of amides is 3. The van der Waals surface area contributed by atoms with Gasteiger partial charge in [0.25, 0.3) is 5.91 Å². The van der Waals surface area contributed by atoms with Crippen LogP contribution in [0.1, 0.15) is 42.0 Å². The number of fused-ring (bicyclic) bond motifs is 2. The van der Waals surface area contributed by atoms with E-state index in [1.165, 1.54) is 22.2 Å². The van der Waals surface area contributed by atoms with E-state index in [1.54, 1.807) is 4.90 Å². The second-order valence-electron chi connectivity index (χ2n) is 9.74. The Morgan fingerprint density at radius 1 is 1.00 bits per heavy atom. The fraction of sp³-hybridized carbons (Fsp3) is 0.276. The second kappa shape index (κ2) is 9.13. The number of anilines is 3. The Balaban J connectivity index is 1.48. The third kappa shape index (κ3) is 3.97. The summed E-state index contributed by atoms with van der Waals surface area (Å²) >= 11 is 1.32. The van der Waals surface area contributed by atoms with E-state index in [-0.39, 0.29) is 30.0 Å². The van der Waals surface area contributed by atoms with Gasteiger partial charge in [-0.3, -0.25) is 24.2 Å². The molecule has 1 N–H and O–H groups in total. The zero-order valence-electron chi connectivity index (χ0n) is 20.9. The van der Waals surface area contributed by atoms with Gasteiger partial charge in [0.1, 0.15) is 6.54 Å². The molecule has 0 aromatic heterocycles. The maximum atomic E-state index is 14.1. The van der Waals surface area contributed by atoms with Crippen LogP contribution in [0.15, 0.2) is 66.7 Å². The van der Waals surface area contributed by atoms with Crippen LogP contribution in [0.3, 0.4) is 0 Å². The highest BCUT2D eigenvalue weighted by atomic mass is 32.2. The maximum absolute atomic E-state index is 14.1. The quantitative estimate of drug-likeness (QED) is 0.514. The first kappa shape index (κ1) is 24.1. The number of hydrogen-bond acceptors (Lipinski definition) is 4. The molecule has 0 radical (unpaired) electrons. The summed E-state index contributed by atoms with van der Waals surface area (Å²) < 4.78 is 0. The molecule has 2 aliphatic rings. The van der Waals surface area contributed by atoms with Crippen molar-refractivity contribution in [2.24, 2.45) is 0 Å². The maximum Gasteiger partial charge on any atom is 0.269 e. The first-order valence-corrected chi connectivity index (χ1v) is 13.1. The molecular formula is C29H29N3O3S. The summed E-state index contributed by atoms with van der Waals surface area (Å²) in [6.07, 6.45) is 0. The number of carbonyl (C=O) groups is 3. The number of rotatable bonds is 5. The van der Waals surface area contributed by atoms with Gasteiger partial charge in [-0.2, -0.15) is 0 Å². The van der Waals surface area contributed by atoms with Gasteiger partial charge in [-0.1, -0.05) is 50.2 Å². The summed E-state index contributed by atoms with van der Waals surface area (Å²) in [5.41, 5.74) is 5.99. The number of nitrogens with zero attached hydrogens (tertiary/aromatic N) is 2. The van der Waals surface area contributed by atoms with E-state index < -0.39 is 4.87 Å². The molecule has 2 heterocycles. The van der Waals surface area contributed by atoms with Crippen molar-refractivity contribution in [1.29, 1.82) is 0 Å². The summed E-state index contributed by atoms with van der Waals surface area (Å²) in [7, 11) is 0. The Bertz CT molecular complexity index is 1350. The summed E-state index contributed by atoms with van der Waals surface area (Å²) in [4.78, 5) is 42.3. The second-order valence-corrected chi connectivity index (χ2v) is 10.9. The van der Waals surface area contributed by atoms with Crippen LogP contribution in [0.25, 0.3) is 0 Å². The topological polar surface area (TPSA) is 69.7 Å². The Morgan fingerprint density at radius 2 is 1.67 bits per heavy atom. The van der Waals surface area contributed by atoms with Crippen LogP contribution in [0.5, 0.6) is 0 Å². The highest BCUT2D eigenvalue weighted by molar-refractivity contribution is 8.02. The van der Waals surface area contributed by atoms with Crippen LogP contribution < -0.4 is 15.1 Å². The van der Waals surface area contributed by atoms with Crippen molar-refractivity contribution in [2.75, 3.05) is 27.4 Å². The highest BCUT2D eigenvalue weighted by Gasteiger charge is 2.61. The molecule has 1 spiro atoms. The predicted octanol–water partition coefficient (Wildman–Crippen LogP) is 5.34. The summed E-state index contributed by atoms with van der Waals surface area (Å²) in [5, 5.41) is 2.91. The molecule has 3 aromatic rings. The van der Waals surface area contributed by atoms with E-state index in [0.29, 0.717) is 23.0 Å². The van der Waals surface area contributed by atoms with Crippen molar-refractivity contribution in [3.63, 3.8) is 0 Å². The lowest BCUT2D eigenvalue weighted by atomic mass is 10.0. The number of nitrogens with one attached hydrogen (secondary N) is 1.